The van der Waals surface area contributed by atoms with Crippen LogP contribution >= 0.6 is 0 Å². The lowest BCUT2D eigenvalue weighted by atomic mass is 10.1. The van der Waals surface area contributed by atoms with Gasteiger partial charge in [0.1, 0.15) is 0 Å². The fourth-order valence-corrected chi connectivity index (χ4v) is 1.39. The van der Waals surface area contributed by atoms with Crippen molar-refractivity contribution in [2.75, 3.05) is 19.6 Å². The number of carboxylic acids is 1. The molecular weight excluding hydrogens is 196 g/mol. The van der Waals surface area contributed by atoms with Crippen LogP contribution in [0.5, 0.6) is 0 Å². The summed E-state index contributed by atoms with van der Waals surface area (Å²) in [6, 6.07) is 0. The van der Waals surface area contributed by atoms with E-state index in [1.54, 1.807) is 11.8 Å². The largest absolute Gasteiger partial charge is 0.480 e. The zero-order chi connectivity index (χ0) is 12.0. The number of hydrogen-bond donors (Lipinski definition) is 2. The van der Waals surface area contributed by atoms with Crippen molar-refractivity contribution in [3.05, 3.63) is 0 Å². The Balaban J connectivity index is 4.23. The van der Waals surface area contributed by atoms with Gasteiger partial charge in [0.15, 0.2) is 0 Å². The predicted octanol–water partition coefficient (Wildman–Crippen LogP) is 0.150. The average Bonchev–Trinajstić information content (AvgIpc) is 2.00. The second kappa shape index (κ2) is 6.40. The molecular formula is C10H20N2O3. The first-order valence-corrected chi connectivity index (χ1v) is 5.06. The number of hydrogen-bond acceptors (Lipinski definition) is 3. The Bertz CT molecular complexity index is 229. The molecule has 0 aliphatic rings. The summed E-state index contributed by atoms with van der Waals surface area (Å²) in [5, 5.41) is 8.69. The van der Waals surface area contributed by atoms with Crippen LogP contribution in [0.4, 0.5) is 0 Å². The molecule has 1 amide bonds. The first-order valence-electron chi connectivity index (χ1n) is 5.06. The van der Waals surface area contributed by atoms with E-state index in [1.165, 1.54) is 0 Å². The van der Waals surface area contributed by atoms with E-state index < -0.39 is 11.9 Å². The first kappa shape index (κ1) is 13.9. The fraction of sp³-hybridized carbons (Fsp3) is 0.800. The SMILES string of the molecule is CC(C)CN(CC(=O)O)CC(C)C(N)=O. The number of amides is 1. The highest BCUT2D eigenvalue weighted by molar-refractivity contribution is 5.76. The Kier molecular flexibility index (Phi) is 5.93. The summed E-state index contributed by atoms with van der Waals surface area (Å²) in [6.45, 7) is 6.73. The van der Waals surface area contributed by atoms with Crippen LogP contribution in [0, 0.1) is 11.8 Å². The number of aliphatic carboxylic acids is 1. The number of primary amides is 1. The maximum atomic E-state index is 10.9. The van der Waals surface area contributed by atoms with Crippen LogP contribution in [-0.4, -0.2) is 41.5 Å². The van der Waals surface area contributed by atoms with E-state index >= 15 is 0 Å². The molecule has 5 heteroatoms. The molecule has 0 heterocycles. The zero-order valence-electron chi connectivity index (χ0n) is 9.56. The molecule has 15 heavy (non-hydrogen) atoms. The molecule has 0 saturated heterocycles. The molecule has 1 unspecified atom stereocenters. The molecule has 0 saturated carbocycles. The Hall–Kier alpha value is -1.10. The van der Waals surface area contributed by atoms with E-state index in [0.717, 1.165) is 0 Å². The van der Waals surface area contributed by atoms with Crippen molar-refractivity contribution in [3.8, 4) is 0 Å². The quantitative estimate of drug-likeness (QED) is 0.634. The van der Waals surface area contributed by atoms with Gasteiger partial charge in [0.25, 0.3) is 0 Å². The van der Waals surface area contributed by atoms with Crippen molar-refractivity contribution in [2.45, 2.75) is 20.8 Å². The van der Waals surface area contributed by atoms with Gasteiger partial charge < -0.3 is 10.8 Å². The number of nitrogens with zero attached hydrogens (tertiary/aromatic N) is 1. The Labute approximate surface area is 90.2 Å². The summed E-state index contributed by atoms with van der Waals surface area (Å²) in [7, 11) is 0. The molecule has 0 aromatic carbocycles. The Morgan fingerprint density at radius 1 is 1.27 bits per heavy atom. The lowest BCUT2D eigenvalue weighted by Gasteiger charge is -2.24. The van der Waals surface area contributed by atoms with Gasteiger partial charge in [-0.05, 0) is 5.92 Å². The molecule has 3 N–H and O–H groups in total. The first-order chi connectivity index (χ1) is 6.82. The zero-order valence-corrected chi connectivity index (χ0v) is 9.56. The van der Waals surface area contributed by atoms with Gasteiger partial charge in [0, 0.05) is 19.0 Å². The maximum absolute atomic E-state index is 10.9. The average molecular weight is 216 g/mol. The number of carbonyl (C=O) groups excluding carboxylic acids is 1. The standard InChI is InChI=1S/C10H20N2O3/c1-7(2)4-12(6-9(13)14)5-8(3)10(11)15/h7-8H,4-6H2,1-3H3,(H2,11,15)(H,13,14). The summed E-state index contributed by atoms with van der Waals surface area (Å²) in [4.78, 5) is 23.2. The number of rotatable bonds is 7. The molecule has 0 fully saturated rings. The van der Waals surface area contributed by atoms with Gasteiger partial charge in [-0.15, -0.1) is 0 Å². The molecule has 0 aliphatic carbocycles. The second-order valence-electron chi connectivity index (χ2n) is 4.29. The molecule has 1 atom stereocenters. The third-order valence-electron chi connectivity index (χ3n) is 2.00. The van der Waals surface area contributed by atoms with Crippen molar-refractivity contribution in [3.63, 3.8) is 0 Å². The minimum atomic E-state index is -0.882. The minimum Gasteiger partial charge on any atom is -0.480 e. The van der Waals surface area contributed by atoms with E-state index in [1.807, 2.05) is 13.8 Å². The van der Waals surface area contributed by atoms with Crippen LogP contribution < -0.4 is 5.73 Å². The van der Waals surface area contributed by atoms with Crippen LogP contribution in [-0.2, 0) is 9.59 Å². The molecule has 0 aliphatic heterocycles. The van der Waals surface area contributed by atoms with Gasteiger partial charge >= 0.3 is 5.97 Å². The van der Waals surface area contributed by atoms with Gasteiger partial charge in [-0.2, -0.15) is 0 Å². The van der Waals surface area contributed by atoms with Gasteiger partial charge in [-0.1, -0.05) is 20.8 Å². The normalized spacial score (nSPS) is 13.1. The number of carboxylic acid groups (broad SMARTS) is 1. The van der Waals surface area contributed by atoms with Gasteiger partial charge in [-0.25, -0.2) is 0 Å². The van der Waals surface area contributed by atoms with Crippen LogP contribution in [0.15, 0.2) is 0 Å². The lowest BCUT2D eigenvalue weighted by molar-refractivity contribution is -0.139. The third-order valence-corrected chi connectivity index (χ3v) is 2.00. The van der Waals surface area contributed by atoms with E-state index in [9.17, 15) is 9.59 Å². The molecule has 0 aromatic heterocycles. The van der Waals surface area contributed by atoms with Crippen LogP contribution in [0.1, 0.15) is 20.8 Å². The summed E-state index contributed by atoms with van der Waals surface area (Å²) >= 11 is 0. The van der Waals surface area contributed by atoms with Gasteiger partial charge in [-0.3, -0.25) is 14.5 Å². The van der Waals surface area contributed by atoms with Crippen LogP contribution in [0.3, 0.4) is 0 Å². The van der Waals surface area contributed by atoms with Gasteiger partial charge in [0.05, 0.1) is 6.54 Å². The topological polar surface area (TPSA) is 83.6 Å². The Morgan fingerprint density at radius 3 is 2.13 bits per heavy atom. The van der Waals surface area contributed by atoms with E-state index in [-0.39, 0.29) is 12.5 Å². The van der Waals surface area contributed by atoms with Gasteiger partial charge in [0.2, 0.25) is 5.91 Å². The number of carbonyl (C=O) groups is 2. The summed E-state index contributed by atoms with van der Waals surface area (Å²) in [5.74, 6) is -1.23. The monoisotopic (exact) mass is 216 g/mol. The highest BCUT2D eigenvalue weighted by atomic mass is 16.4. The Morgan fingerprint density at radius 2 is 1.80 bits per heavy atom. The molecule has 0 rings (SSSR count). The summed E-state index contributed by atoms with van der Waals surface area (Å²) in [6.07, 6.45) is 0. The summed E-state index contributed by atoms with van der Waals surface area (Å²) < 4.78 is 0. The molecule has 0 radical (unpaired) electrons. The molecule has 0 aromatic rings. The summed E-state index contributed by atoms with van der Waals surface area (Å²) in [5.41, 5.74) is 5.13. The maximum Gasteiger partial charge on any atom is 0.317 e. The van der Waals surface area contributed by atoms with Crippen molar-refractivity contribution >= 4 is 11.9 Å². The van der Waals surface area contributed by atoms with Crippen molar-refractivity contribution < 1.29 is 14.7 Å². The third kappa shape index (κ3) is 6.90. The van der Waals surface area contributed by atoms with Crippen molar-refractivity contribution in [1.82, 2.24) is 4.90 Å². The van der Waals surface area contributed by atoms with Crippen LogP contribution in [0.2, 0.25) is 0 Å². The fourth-order valence-electron chi connectivity index (χ4n) is 1.39. The highest BCUT2D eigenvalue weighted by Gasteiger charge is 2.17. The molecule has 0 bridgehead atoms. The molecule has 88 valence electrons. The van der Waals surface area contributed by atoms with E-state index in [2.05, 4.69) is 0 Å². The second-order valence-corrected chi connectivity index (χ2v) is 4.29. The van der Waals surface area contributed by atoms with E-state index in [0.29, 0.717) is 19.0 Å². The predicted molar refractivity (Wildman–Crippen MR) is 57.3 cm³/mol. The minimum absolute atomic E-state index is 0.0458. The van der Waals surface area contributed by atoms with E-state index in [4.69, 9.17) is 10.8 Å². The van der Waals surface area contributed by atoms with Crippen molar-refractivity contribution in [1.29, 1.82) is 0 Å². The lowest BCUT2D eigenvalue weighted by Crippen LogP contribution is -2.39. The van der Waals surface area contributed by atoms with Crippen LogP contribution in [0.25, 0.3) is 0 Å². The molecule has 0 spiro atoms. The smallest absolute Gasteiger partial charge is 0.317 e. The highest BCUT2D eigenvalue weighted by Crippen LogP contribution is 2.03. The molecule has 5 nitrogen and oxygen atoms in total. The van der Waals surface area contributed by atoms with Crippen molar-refractivity contribution in [2.24, 2.45) is 17.6 Å². The number of nitrogens with two attached hydrogens (primary N) is 1.